The van der Waals surface area contributed by atoms with E-state index in [-0.39, 0.29) is 5.69 Å². The number of aromatic nitrogens is 4. The minimum atomic E-state index is -1.07. The number of aromatic carboxylic acids is 1. The molecule has 0 aliphatic rings. The molecule has 0 saturated heterocycles. The summed E-state index contributed by atoms with van der Waals surface area (Å²) in [6, 6.07) is 15.6. The van der Waals surface area contributed by atoms with E-state index in [1.165, 1.54) is 11.8 Å². The molecule has 0 fully saturated rings. The van der Waals surface area contributed by atoms with Crippen LogP contribution in [0.3, 0.4) is 0 Å². The molecule has 4 aromatic heterocycles. The fourth-order valence-corrected chi connectivity index (χ4v) is 4.05. The topological polar surface area (TPSA) is 94.0 Å². The zero-order chi connectivity index (χ0) is 22.2. The van der Waals surface area contributed by atoms with Crippen molar-refractivity contribution in [3.63, 3.8) is 0 Å². The third-order valence-electron chi connectivity index (χ3n) is 5.52. The predicted octanol–water partition coefficient (Wildman–Crippen LogP) is 4.98. The van der Waals surface area contributed by atoms with Crippen LogP contribution in [0.25, 0.3) is 27.8 Å². The molecule has 1 N–H and O–H groups in total. The standard InChI is InChI=1S/C25H20N4O3/c1-15-23(16(2)32-28-15)18-11-22-24(27-13-18)19(10-17-6-4-3-5-7-17)14-29(22)20-8-9-26-21(12-20)25(30)31/h3-9,11-14H,10H2,1-2H3,(H,30,31). The van der Waals surface area contributed by atoms with Crippen LogP contribution in [0.1, 0.15) is 33.1 Å². The molecule has 0 aliphatic heterocycles. The number of carboxylic acid groups (broad SMARTS) is 1. The Balaban J connectivity index is 1.72. The molecule has 5 rings (SSSR count). The number of carboxylic acids is 1. The second-order valence-electron chi connectivity index (χ2n) is 7.68. The van der Waals surface area contributed by atoms with Gasteiger partial charge in [0.05, 0.1) is 16.7 Å². The summed E-state index contributed by atoms with van der Waals surface area (Å²) in [7, 11) is 0. The zero-order valence-electron chi connectivity index (χ0n) is 17.6. The molecule has 32 heavy (non-hydrogen) atoms. The Bertz CT molecular complexity index is 1430. The Morgan fingerprint density at radius 3 is 2.62 bits per heavy atom. The summed E-state index contributed by atoms with van der Waals surface area (Å²) in [6.07, 6.45) is 6.07. The fraction of sp³-hybridized carbons (Fsp3) is 0.120. The lowest BCUT2D eigenvalue weighted by atomic mass is 10.0. The summed E-state index contributed by atoms with van der Waals surface area (Å²) in [5, 5.41) is 13.5. The van der Waals surface area contributed by atoms with Crippen LogP contribution >= 0.6 is 0 Å². The van der Waals surface area contributed by atoms with Crippen molar-refractivity contribution >= 4 is 17.0 Å². The highest BCUT2D eigenvalue weighted by Gasteiger charge is 2.17. The highest BCUT2D eigenvalue weighted by molar-refractivity contribution is 5.88. The average molecular weight is 424 g/mol. The molecule has 5 aromatic rings. The summed E-state index contributed by atoms with van der Waals surface area (Å²) >= 11 is 0. The van der Waals surface area contributed by atoms with Gasteiger partial charge < -0.3 is 14.2 Å². The van der Waals surface area contributed by atoms with Gasteiger partial charge >= 0.3 is 5.97 Å². The highest BCUT2D eigenvalue weighted by Crippen LogP contribution is 2.32. The maximum Gasteiger partial charge on any atom is 0.354 e. The van der Waals surface area contributed by atoms with Crippen LogP contribution in [-0.2, 0) is 6.42 Å². The van der Waals surface area contributed by atoms with E-state index in [9.17, 15) is 9.90 Å². The molecule has 0 spiro atoms. The number of hydrogen-bond acceptors (Lipinski definition) is 5. The van der Waals surface area contributed by atoms with Crippen molar-refractivity contribution in [2.24, 2.45) is 0 Å². The second kappa shape index (κ2) is 7.77. The summed E-state index contributed by atoms with van der Waals surface area (Å²) in [5.74, 6) is -0.342. The molecule has 0 atom stereocenters. The van der Waals surface area contributed by atoms with Crippen molar-refractivity contribution in [1.82, 2.24) is 19.7 Å². The van der Waals surface area contributed by atoms with Gasteiger partial charge in [-0.15, -0.1) is 0 Å². The molecule has 0 amide bonds. The number of hydrogen-bond donors (Lipinski definition) is 1. The molecule has 0 saturated carbocycles. The van der Waals surface area contributed by atoms with Crippen LogP contribution in [0.4, 0.5) is 0 Å². The van der Waals surface area contributed by atoms with Crippen LogP contribution in [0.5, 0.6) is 0 Å². The predicted molar refractivity (Wildman–Crippen MR) is 120 cm³/mol. The van der Waals surface area contributed by atoms with Crippen LogP contribution in [0.15, 0.2) is 71.6 Å². The summed E-state index contributed by atoms with van der Waals surface area (Å²) in [5.41, 5.74) is 7.25. The van der Waals surface area contributed by atoms with E-state index in [2.05, 4.69) is 22.3 Å². The first-order chi connectivity index (χ1) is 15.5. The van der Waals surface area contributed by atoms with Gasteiger partial charge in [-0.05, 0) is 37.6 Å². The maximum atomic E-state index is 11.5. The molecule has 0 aliphatic carbocycles. The maximum absolute atomic E-state index is 11.5. The smallest absolute Gasteiger partial charge is 0.354 e. The van der Waals surface area contributed by atoms with Gasteiger partial charge in [-0.1, -0.05) is 35.5 Å². The Morgan fingerprint density at radius 1 is 1.09 bits per heavy atom. The van der Waals surface area contributed by atoms with Crippen molar-refractivity contribution in [3.05, 3.63) is 95.4 Å². The second-order valence-corrected chi connectivity index (χ2v) is 7.68. The van der Waals surface area contributed by atoms with Crippen LogP contribution in [-0.4, -0.2) is 30.8 Å². The van der Waals surface area contributed by atoms with Crippen LogP contribution < -0.4 is 0 Å². The molecule has 7 nitrogen and oxygen atoms in total. The third-order valence-corrected chi connectivity index (χ3v) is 5.52. The van der Waals surface area contributed by atoms with Gasteiger partial charge in [0.25, 0.3) is 0 Å². The first kappa shape index (κ1) is 19.7. The van der Waals surface area contributed by atoms with E-state index >= 15 is 0 Å². The van der Waals surface area contributed by atoms with E-state index in [4.69, 9.17) is 9.51 Å². The van der Waals surface area contributed by atoms with Crippen LogP contribution in [0, 0.1) is 13.8 Å². The number of aryl methyl sites for hydroxylation is 2. The van der Waals surface area contributed by atoms with Crippen molar-refractivity contribution in [2.45, 2.75) is 20.3 Å². The van der Waals surface area contributed by atoms with Gasteiger partial charge in [-0.3, -0.25) is 4.98 Å². The van der Waals surface area contributed by atoms with Gasteiger partial charge in [0, 0.05) is 47.4 Å². The number of rotatable bonds is 5. The third kappa shape index (κ3) is 3.43. The quantitative estimate of drug-likeness (QED) is 0.428. The Kier molecular flexibility index (Phi) is 4.78. The van der Waals surface area contributed by atoms with E-state index in [1.54, 1.807) is 12.1 Å². The molecule has 158 valence electrons. The van der Waals surface area contributed by atoms with Gasteiger partial charge in [0.1, 0.15) is 11.5 Å². The Labute approximate surface area is 184 Å². The number of nitrogens with zero attached hydrogens (tertiary/aromatic N) is 4. The molecule has 1 aromatic carbocycles. The SMILES string of the molecule is Cc1noc(C)c1-c1cnc2c(Cc3ccccc3)cn(-c3ccnc(C(=O)O)c3)c2c1. The summed E-state index contributed by atoms with van der Waals surface area (Å²) in [6.45, 7) is 3.78. The normalized spacial score (nSPS) is 11.2. The first-order valence-corrected chi connectivity index (χ1v) is 10.2. The number of carbonyl (C=O) groups is 1. The van der Waals surface area contributed by atoms with E-state index < -0.39 is 5.97 Å². The number of fused-ring (bicyclic) bond motifs is 1. The monoisotopic (exact) mass is 424 g/mol. The molecule has 0 unspecified atom stereocenters. The van der Waals surface area contributed by atoms with Crippen molar-refractivity contribution in [2.75, 3.05) is 0 Å². The van der Waals surface area contributed by atoms with Crippen molar-refractivity contribution < 1.29 is 14.4 Å². The van der Waals surface area contributed by atoms with Gasteiger partial charge in [-0.25, -0.2) is 9.78 Å². The number of benzene rings is 1. The molecule has 0 bridgehead atoms. The molecule has 4 heterocycles. The van der Waals surface area contributed by atoms with E-state index in [1.807, 2.05) is 55.1 Å². The van der Waals surface area contributed by atoms with Crippen molar-refractivity contribution in [1.29, 1.82) is 0 Å². The highest BCUT2D eigenvalue weighted by atomic mass is 16.5. The largest absolute Gasteiger partial charge is 0.477 e. The molecular formula is C25H20N4O3. The zero-order valence-corrected chi connectivity index (χ0v) is 17.6. The Hall–Kier alpha value is -4.26. The first-order valence-electron chi connectivity index (χ1n) is 10.2. The Morgan fingerprint density at radius 2 is 1.91 bits per heavy atom. The lowest BCUT2D eigenvalue weighted by Crippen LogP contribution is -2.02. The lowest BCUT2D eigenvalue weighted by molar-refractivity contribution is 0.0690. The van der Waals surface area contributed by atoms with Gasteiger partial charge in [0.15, 0.2) is 0 Å². The number of pyridine rings is 2. The van der Waals surface area contributed by atoms with E-state index in [0.717, 1.165) is 39.2 Å². The molecule has 0 radical (unpaired) electrons. The molecular weight excluding hydrogens is 404 g/mol. The minimum Gasteiger partial charge on any atom is -0.477 e. The van der Waals surface area contributed by atoms with Gasteiger partial charge in [-0.2, -0.15) is 0 Å². The minimum absolute atomic E-state index is 0.0104. The summed E-state index contributed by atoms with van der Waals surface area (Å²) < 4.78 is 7.31. The van der Waals surface area contributed by atoms with E-state index in [0.29, 0.717) is 12.1 Å². The van der Waals surface area contributed by atoms with Crippen LogP contribution in [0.2, 0.25) is 0 Å². The van der Waals surface area contributed by atoms with Gasteiger partial charge in [0.2, 0.25) is 0 Å². The fourth-order valence-electron chi connectivity index (χ4n) is 4.05. The average Bonchev–Trinajstić information content (AvgIpc) is 3.33. The summed E-state index contributed by atoms with van der Waals surface area (Å²) in [4.78, 5) is 20.2. The van der Waals surface area contributed by atoms with Crippen molar-refractivity contribution in [3.8, 4) is 16.8 Å². The lowest BCUT2D eigenvalue weighted by Gasteiger charge is -2.07. The molecule has 7 heteroatoms.